The Labute approximate surface area is 262 Å². The molecule has 0 aromatic rings. The third-order valence-corrected chi connectivity index (χ3v) is 9.13. The van der Waals surface area contributed by atoms with Crippen LogP contribution in [0.2, 0.25) is 0 Å². The average Bonchev–Trinajstić information content (AvgIpc) is 3.23. The van der Waals surface area contributed by atoms with Crippen LogP contribution in [-0.4, -0.2) is 28.0 Å². The van der Waals surface area contributed by atoms with Gasteiger partial charge < -0.3 is 14.9 Å². The molecule has 2 fully saturated rings. The van der Waals surface area contributed by atoms with E-state index in [4.69, 9.17) is 4.74 Å². The van der Waals surface area contributed by atoms with Gasteiger partial charge in [-0.1, -0.05) is 130 Å². The molecule has 3 aliphatic rings. The molecule has 0 bridgehead atoms. The van der Waals surface area contributed by atoms with Gasteiger partial charge in [-0.05, 0) is 87.9 Å². The molecular formula is C40H56O3. The summed E-state index contributed by atoms with van der Waals surface area (Å²) in [7, 11) is 0. The van der Waals surface area contributed by atoms with Gasteiger partial charge in [-0.25, -0.2) is 0 Å². The maximum absolute atomic E-state index is 10.4. The first kappa shape index (κ1) is 34.6. The van der Waals surface area contributed by atoms with Crippen LogP contribution in [0.15, 0.2) is 118 Å². The highest BCUT2D eigenvalue weighted by molar-refractivity contribution is 5.43. The number of aliphatic hydroxyl groups is 2. The number of fused-ring (bicyclic) bond motifs is 1. The van der Waals surface area contributed by atoms with E-state index < -0.39 is 5.60 Å². The van der Waals surface area contributed by atoms with Crippen LogP contribution in [-0.2, 0) is 4.74 Å². The van der Waals surface area contributed by atoms with Crippen molar-refractivity contribution in [2.45, 2.75) is 113 Å². The first-order valence-electron chi connectivity index (χ1n) is 15.9. The minimum atomic E-state index is -0.418. The van der Waals surface area contributed by atoms with Gasteiger partial charge in [0.05, 0.1) is 12.2 Å². The second kappa shape index (κ2) is 14.3. The zero-order valence-corrected chi connectivity index (χ0v) is 28.4. The van der Waals surface area contributed by atoms with Gasteiger partial charge in [-0.3, -0.25) is 0 Å². The third-order valence-electron chi connectivity index (χ3n) is 9.13. The van der Waals surface area contributed by atoms with E-state index in [0.29, 0.717) is 12.3 Å². The fourth-order valence-electron chi connectivity index (χ4n) is 7.05. The van der Waals surface area contributed by atoms with Crippen molar-refractivity contribution in [1.82, 2.24) is 0 Å². The number of hydrogen-bond acceptors (Lipinski definition) is 3. The van der Waals surface area contributed by atoms with Gasteiger partial charge in [0.2, 0.25) is 0 Å². The monoisotopic (exact) mass is 584 g/mol. The Balaban J connectivity index is 1.54. The SMILES string of the molecule is CC(/C=C/C=C(C)/C=C/C=C/C(C)=C/C=C/C(C)=C/C=C1\C(C)CC(O)CC1(C)C)=C1\C=C2C(C)(C)CC(O)CC2(C)O1. The number of hydrogen-bond donors (Lipinski definition) is 2. The molecule has 4 unspecified atom stereocenters. The number of aliphatic hydroxyl groups excluding tert-OH is 2. The normalized spacial score (nSPS) is 32.3. The Morgan fingerprint density at radius 2 is 1.26 bits per heavy atom. The molecule has 3 heteroatoms. The zero-order chi connectivity index (χ0) is 32.0. The predicted octanol–water partition coefficient (Wildman–Crippen LogP) is 9.96. The summed E-state index contributed by atoms with van der Waals surface area (Å²) < 4.78 is 6.38. The Kier molecular flexibility index (Phi) is 11.5. The summed E-state index contributed by atoms with van der Waals surface area (Å²) >= 11 is 0. The Morgan fingerprint density at radius 3 is 1.86 bits per heavy atom. The highest BCUT2D eigenvalue weighted by Gasteiger charge is 2.50. The summed E-state index contributed by atoms with van der Waals surface area (Å²) in [6.45, 7) is 21.6. The summed E-state index contributed by atoms with van der Waals surface area (Å²) in [4.78, 5) is 0. The molecule has 0 amide bonds. The van der Waals surface area contributed by atoms with Crippen molar-refractivity contribution < 1.29 is 14.9 Å². The smallest absolute Gasteiger partial charge is 0.131 e. The first-order valence-corrected chi connectivity index (χ1v) is 15.9. The minimum absolute atomic E-state index is 0.0378. The highest BCUT2D eigenvalue weighted by atomic mass is 16.5. The lowest BCUT2D eigenvalue weighted by atomic mass is 9.65. The van der Waals surface area contributed by atoms with Crippen LogP contribution < -0.4 is 0 Å². The van der Waals surface area contributed by atoms with E-state index in [2.05, 4.69) is 148 Å². The Bertz CT molecular complexity index is 1330. The molecule has 2 aliphatic carbocycles. The summed E-state index contributed by atoms with van der Waals surface area (Å²) in [6.07, 6.45) is 30.2. The highest BCUT2D eigenvalue weighted by Crippen LogP contribution is 2.52. The van der Waals surface area contributed by atoms with Gasteiger partial charge in [0.1, 0.15) is 11.4 Å². The second-order valence-corrected chi connectivity index (χ2v) is 14.6. The molecule has 4 atom stereocenters. The van der Waals surface area contributed by atoms with Gasteiger partial charge in [0.15, 0.2) is 0 Å². The molecule has 1 aliphatic heterocycles. The fraction of sp³-hybridized carbons (Fsp3) is 0.500. The van der Waals surface area contributed by atoms with E-state index in [9.17, 15) is 10.2 Å². The van der Waals surface area contributed by atoms with Crippen LogP contribution in [0.25, 0.3) is 0 Å². The average molecular weight is 585 g/mol. The van der Waals surface area contributed by atoms with E-state index in [-0.39, 0.29) is 23.0 Å². The lowest BCUT2D eigenvalue weighted by Gasteiger charge is -2.44. The molecule has 234 valence electrons. The lowest BCUT2D eigenvalue weighted by Crippen LogP contribution is -2.44. The number of rotatable bonds is 8. The van der Waals surface area contributed by atoms with Crippen molar-refractivity contribution in [2.24, 2.45) is 16.7 Å². The maximum Gasteiger partial charge on any atom is 0.131 e. The standard InChI is InChI=1S/C40H56O3/c1-28(17-13-18-30(3)21-22-35-32(5)23-33(41)25-38(35,6)7)15-11-12-16-29(2)19-14-20-31(4)36-24-37-39(8,9)26-34(42)27-40(37,10)43-36/h11-22,24,32-34,41-42H,23,25-27H2,1-10H3/b15-11+,16-12+,18-13+,20-14+,28-17+,29-19+,30-21+,35-22+,36-31-. The van der Waals surface area contributed by atoms with Crippen LogP contribution in [0.5, 0.6) is 0 Å². The number of allylic oxidation sites excluding steroid dienone is 18. The molecule has 2 N–H and O–H groups in total. The van der Waals surface area contributed by atoms with Crippen molar-refractivity contribution in [1.29, 1.82) is 0 Å². The summed E-state index contributed by atoms with van der Waals surface area (Å²) in [5, 5.41) is 20.5. The lowest BCUT2D eigenvalue weighted by molar-refractivity contribution is -0.0305. The molecule has 43 heavy (non-hydrogen) atoms. The molecule has 0 radical (unpaired) electrons. The van der Waals surface area contributed by atoms with Crippen molar-refractivity contribution in [3.8, 4) is 0 Å². The maximum atomic E-state index is 10.4. The van der Waals surface area contributed by atoms with Crippen molar-refractivity contribution in [3.63, 3.8) is 0 Å². The van der Waals surface area contributed by atoms with Gasteiger partial charge in [-0.2, -0.15) is 0 Å². The second-order valence-electron chi connectivity index (χ2n) is 14.6. The Hall–Kier alpha value is -2.88. The fourth-order valence-corrected chi connectivity index (χ4v) is 7.05. The van der Waals surface area contributed by atoms with E-state index >= 15 is 0 Å². The molecular weight excluding hydrogens is 528 g/mol. The van der Waals surface area contributed by atoms with Gasteiger partial charge in [0, 0.05) is 6.42 Å². The molecule has 1 heterocycles. The topological polar surface area (TPSA) is 49.7 Å². The molecule has 3 rings (SSSR count). The third kappa shape index (κ3) is 9.55. The van der Waals surface area contributed by atoms with Gasteiger partial charge in [0.25, 0.3) is 0 Å². The van der Waals surface area contributed by atoms with Gasteiger partial charge in [-0.15, -0.1) is 0 Å². The van der Waals surface area contributed by atoms with Crippen LogP contribution in [0.4, 0.5) is 0 Å². The molecule has 0 spiro atoms. The van der Waals surface area contributed by atoms with E-state index in [1.807, 2.05) is 0 Å². The van der Waals surface area contributed by atoms with Crippen LogP contribution in [0, 0.1) is 16.7 Å². The van der Waals surface area contributed by atoms with Crippen molar-refractivity contribution in [2.75, 3.05) is 0 Å². The van der Waals surface area contributed by atoms with Crippen molar-refractivity contribution in [3.05, 3.63) is 118 Å². The molecule has 0 aromatic carbocycles. The molecule has 0 aromatic heterocycles. The summed E-state index contributed by atoms with van der Waals surface area (Å²) in [5.41, 5.74) is 6.91. The quantitative estimate of drug-likeness (QED) is 0.279. The van der Waals surface area contributed by atoms with Crippen LogP contribution in [0.1, 0.15) is 94.9 Å². The van der Waals surface area contributed by atoms with Crippen molar-refractivity contribution >= 4 is 0 Å². The largest absolute Gasteiger partial charge is 0.483 e. The van der Waals surface area contributed by atoms with Crippen LogP contribution >= 0.6 is 0 Å². The molecule has 0 saturated heterocycles. The summed E-state index contributed by atoms with van der Waals surface area (Å²) in [6, 6.07) is 0. The van der Waals surface area contributed by atoms with Crippen LogP contribution in [0.3, 0.4) is 0 Å². The Morgan fingerprint density at radius 1 is 0.721 bits per heavy atom. The first-order chi connectivity index (χ1) is 20.0. The van der Waals surface area contributed by atoms with E-state index in [1.54, 1.807) is 0 Å². The van der Waals surface area contributed by atoms with Gasteiger partial charge >= 0.3 is 0 Å². The van der Waals surface area contributed by atoms with E-state index in [1.165, 1.54) is 22.3 Å². The predicted molar refractivity (Wildman–Crippen MR) is 183 cm³/mol. The summed E-state index contributed by atoms with van der Waals surface area (Å²) in [5.74, 6) is 1.31. The molecule has 2 saturated carbocycles. The molecule has 3 nitrogen and oxygen atoms in total. The minimum Gasteiger partial charge on any atom is -0.483 e. The zero-order valence-electron chi connectivity index (χ0n) is 28.4. The van der Waals surface area contributed by atoms with E-state index in [0.717, 1.165) is 36.2 Å². The number of ether oxygens (including phenoxy) is 1.